The van der Waals surface area contributed by atoms with E-state index in [0.717, 1.165) is 24.3 Å². The Hall–Kier alpha value is -1.20. The number of aryl methyl sites for hydroxylation is 1. The number of ether oxygens (including phenoxy) is 1. The maximum atomic E-state index is 9.40. The van der Waals surface area contributed by atoms with Crippen LogP contribution in [0.2, 0.25) is 0 Å². The van der Waals surface area contributed by atoms with Crippen molar-refractivity contribution in [1.29, 1.82) is 0 Å². The van der Waals surface area contributed by atoms with Gasteiger partial charge in [-0.05, 0) is 20.3 Å². The monoisotopic (exact) mass is 253 g/mol. The summed E-state index contributed by atoms with van der Waals surface area (Å²) in [5.41, 5.74) is 0.761. The van der Waals surface area contributed by atoms with Crippen LogP contribution in [-0.2, 0) is 11.3 Å². The van der Waals surface area contributed by atoms with E-state index in [0.29, 0.717) is 18.5 Å². The lowest BCUT2D eigenvalue weighted by atomic mass is 10.2. The topological polar surface area (TPSA) is 58.5 Å². The second-order valence-corrected chi connectivity index (χ2v) is 4.37. The average molecular weight is 253 g/mol. The molecular weight excluding hydrogens is 230 g/mol. The quantitative estimate of drug-likeness (QED) is 0.798. The van der Waals surface area contributed by atoms with Gasteiger partial charge in [-0.15, -0.1) is 0 Å². The van der Waals surface area contributed by atoms with Gasteiger partial charge in [0, 0.05) is 31.5 Å². The van der Waals surface area contributed by atoms with Crippen LogP contribution in [0.3, 0.4) is 0 Å². The van der Waals surface area contributed by atoms with E-state index in [-0.39, 0.29) is 6.61 Å². The van der Waals surface area contributed by atoms with Gasteiger partial charge in [-0.3, -0.25) is 0 Å². The molecule has 1 unspecified atom stereocenters. The van der Waals surface area contributed by atoms with E-state index in [1.54, 1.807) is 13.3 Å². The van der Waals surface area contributed by atoms with Crippen molar-refractivity contribution in [2.75, 3.05) is 25.2 Å². The van der Waals surface area contributed by atoms with Gasteiger partial charge >= 0.3 is 0 Å². The number of rotatable bonds is 7. The predicted octanol–water partition coefficient (Wildman–Crippen LogP) is 1.53. The van der Waals surface area contributed by atoms with Crippen LogP contribution in [0, 0.1) is 6.92 Å². The Labute approximate surface area is 109 Å². The van der Waals surface area contributed by atoms with Gasteiger partial charge in [0.1, 0.15) is 11.6 Å². The summed E-state index contributed by atoms with van der Waals surface area (Å²) in [7, 11) is 1.69. The van der Waals surface area contributed by atoms with Crippen molar-refractivity contribution in [1.82, 2.24) is 9.97 Å². The van der Waals surface area contributed by atoms with Crippen LogP contribution < -0.4 is 4.90 Å². The summed E-state index contributed by atoms with van der Waals surface area (Å²) in [6, 6.07) is 0.347. The molecular formula is C13H23N3O2. The molecule has 0 aliphatic carbocycles. The van der Waals surface area contributed by atoms with E-state index in [2.05, 4.69) is 28.7 Å². The van der Waals surface area contributed by atoms with E-state index in [1.807, 2.05) is 6.92 Å². The van der Waals surface area contributed by atoms with E-state index < -0.39 is 0 Å². The molecule has 1 heterocycles. The molecule has 0 saturated carbocycles. The van der Waals surface area contributed by atoms with Gasteiger partial charge in [-0.2, -0.15) is 0 Å². The number of methoxy groups -OCH3 is 1. The highest BCUT2D eigenvalue weighted by Crippen LogP contribution is 2.20. The zero-order chi connectivity index (χ0) is 13.5. The second kappa shape index (κ2) is 7.28. The van der Waals surface area contributed by atoms with Crippen molar-refractivity contribution in [2.24, 2.45) is 0 Å². The summed E-state index contributed by atoms with van der Waals surface area (Å²) >= 11 is 0. The highest BCUT2D eigenvalue weighted by molar-refractivity contribution is 5.46. The first-order valence-corrected chi connectivity index (χ1v) is 6.33. The summed E-state index contributed by atoms with van der Waals surface area (Å²) in [5, 5.41) is 9.40. The Balaban J connectivity index is 3.05. The third kappa shape index (κ3) is 3.65. The average Bonchev–Trinajstić information content (AvgIpc) is 2.39. The second-order valence-electron chi connectivity index (χ2n) is 4.37. The van der Waals surface area contributed by atoms with Crippen molar-refractivity contribution >= 4 is 5.82 Å². The first-order valence-electron chi connectivity index (χ1n) is 6.33. The van der Waals surface area contributed by atoms with Crippen LogP contribution in [0.25, 0.3) is 0 Å². The molecule has 0 aliphatic heterocycles. The molecule has 1 atom stereocenters. The summed E-state index contributed by atoms with van der Waals surface area (Å²) in [6.07, 6.45) is 2.71. The summed E-state index contributed by atoms with van der Waals surface area (Å²) in [5.74, 6) is 1.53. The van der Waals surface area contributed by atoms with E-state index >= 15 is 0 Å². The molecule has 0 spiro atoms. The Morgan fingerprint density at radius 3 is 2.78 bits per heavy atom. The molecule has 1 N–H and O–H groups in total. The van der Waals surface area contributed by atoms with Gasteiger partial charge in [0.25, 0.3) is 0 Å². The molecule has 18 heavy (non-hydrogen) atoms. The Kier molecular flexibility index (Phi) is 6.01. The van der Waals surface area contributed by atoms with Crippen LogP contribution in [0.1, 0.15) is 31.7 Å². The fourth-order valence-corrected chi connectivity index (χ4v) is 1.79. The number of anilines is 1. The van der Waals surface area contributed by atoms with Crippen molar-refractivity contribution in [3.8, 4) is 0 Å². The minimum absolute atomic E-state index is 0.0461. The Bertz CT molecular complexity index is 371. The smallest absolute Gasteiger partial charge is 0.138 e. The number of hydrogen-bond donors (Lipinski definition) is 1. The molecule has 0 bridgehead atoms. The van der Waals surface area contributed by atoms with Crippen molar-refractivity contribution < 1.29 is 9.84 Å². The minimum atomic E-state index is -0.0461. The van der Waals surface area contributed by atoms with Crippen LogP contribution in [0.15, 0.2) is 6.20 Å². The van der Waals surface area contributed by atoms with Crippen molar-refractivity contribution in [3.05, 3.63) is 17.6 Å². The van der Waals surface area contributed by atoms with Gasteiger partial charge in [-0.1, -0.05) is 6.92 Å². The normalized spacial score (nSPS) is 12.5. The predicted molar refractivity (Wildman–Crippen MR) is 71.7 cm³/mol. The zero-order valence-corrected chi connectivity index (χ0v) is 11.7. The van der Waals surface area contributed by atoms with Gasteiger partial charge in [0.05, 0.1) is 13.2 Å². The lowest BCUT2D eigenvalue weighted by Crippen LogP contribution is -2.37. The molecule has 102 valence electrons. The lowest BCUT2D eigenvalue weighted by Gasteiger charge is -2.30. The van der Waals surface area contributed by atoms with Gasteiger partial charge < -0.3 is 14.7 Å². The summed E-state index contributed by atoms with van der Waals surface area (Å²) in [6.45, 7) is 7.49. The highest BCUT2D eigenvalue weighted by Gasteiger charge is 2.18. The number of aliphatic hydroxyl groups excluding tert-OH is 1. The first-order chi connectivity index (χ1) is 8.63. The van der Waals surface area contributed by atoms with Crippen molar-refractivity contribution in [3.63, 3.8) is 0 Å². The standard InChI is InChI=1S/C13H23N3O2/c1-5-10(2)16(6-7-18-4)13-12(9-17)8-14-11(3)15-13/h8,10,17H,5-7,9H2,1-4H3. The Morgan fingerprint density at radius 1 is 1.50 bits per heavy atom. The van der Waals surface area contributed by atoms with E-state index in [9.17, 15) is 5.11 Å². The molecule has 5 nitrogen and oxygen atoms in total. The van der Waals surface area contributed by atoms with Gasteiger partial charge in [-0.25, -0.2) is 9.97 Å². The lowest BCUT2D eigenvalue weighted by molar-refractivity contribution is 0.202. The molecule has 1 aromatic rings. The molecule has 0 radical (unpaired) electrons. The van der Waals surface area contributed by atoms with E-state index in [1.165, 1.54) is 0 Å². The summed E-state index contributed by atoms with van der Waals surface area (Å²) in [4.78, 5) is 10.8. The summed E-state index contributed by atoms with van der Waals surface area (Å²) < 4.78 is 5.14. The molecule has 1 aromatic heterocycles. The van der Waals surface area contributed by atoms with Crippen LogP contribution in [0.4, 0.5) is 5.82 Å². The molecule has 0 aromatic carbocycles. The Morgan fingerprint density at radius 2 is 2.22 bits per heavy atom. The molecule has 1 rings (SSSR count). The fourth-order valence-electron chi connectivity index (χ4n) is 1.79. The number of aliphatic hydroxyl groups is 1. The largest absolute Gasteiger partial charge is 0.391 e. The maximum absolute atomic E-state index is 9.40. The molecule has 5 heteroatoms. The fraction of sp³-hybridized carbons (Fsp3) is 0.692. The van der Waals surface area contributed by atoms with Crippen molar-refractivity contribution in [2.45, 2.75) is 39.8 Å². The molecule has 0 aliphatic rings. The van der Waals surface area contributed by atoms with Crippen LogP contribution in [-0.4, -0.2) is 41.4 Å². The third-order valence-electron chi connectivity index (χ3n) is 3.06. The van der Waals surface area contributed by atoms with E-state index in [4.69, 9.17) is 4.74 Å². The number of nitrogens with zero attached hydrogens (tertiary/aromatic N) is 3. The SMILES string of the molecule is CCC(C)N(CCOC)c1nc(C)ncc1CO. The maximum Gasteiger partial charge on any atom is 0.138 e. The molecule has 0 amide bonds. The van der Waals surface area contributed by atoms with Gasteiger partial charge in [0.2, 0.25) is 0 Å². The molecule has 0 fully saturated rings. The highest BCUT2D eigenvalue weighted by atomic mass is 16.5. The van der Waals surface area contributed by atoms with Crippen LogP contribution in [0.5, 0.6) is 0 Å². The number of hydrogen-bond acceptors (Lipinski definition) is 5. The third-order valence-corrected chi connectivity index (χ3v) is 3.06. The number of aromatic nitrogens is 2. The first kappa shape index (κ1) is 14.9. The van der Waals surface area contributed by atoms with Crippen LogP contribution >= 0.6 is 0 Å². The minimum Gasteiger partial charge on any atom is -0.391 e. The zero-order valence-electron chi connectivity index (χ0n) is 11.7. The van der Waals surface area contributed by atoms with Gasteiger partial charge in [0.15, 0.2) is 0 Å². The molecule has 0 saturated heterocycles.